The Morgan fingerprint density at radius 2 is 1.58 bits per heavy atom. The molecule has 228 valence electrons. The number of carbonyl (C=O) groups excluding carboxylic acids is 1. The van der Waals surface area contributed by atoms with E-state index in [0.717, 1.165) is 52.4 Å². The zero-order valence-electron chi connectivity index (χ0n) is 22.3. The Hall–Kier alpha value is -5.44. The maximum absolute atomic E-state index is 13.8. The summed E-state index contributed by atoms with van der Waals surface area (Å²) >= 11 is 0.872. The van der Waals surface area contributed by atoms with E-state index in [4.69, 9.17) is 10.3 Å². The van der Waals surface area contributed by atoms with Gasteiger partial charge in [-0.15, -0.1) is 24.5 Å². The molecule has 0 unspecified atom stereocenters. The highest BCUT2D eigenvalue weighted by atomic mass is 32.1. The average Bonchev–Trinajstić information content (AvgIpc) is 3.55. The molecule has 0 saturated heterocycles. The Labute approximate surface area is 252 Å². The second-order valence-corrected chi connectivity index (χ2v) is 10.5. The van der Waals surface area contributed by atoms with E-state index in [9.17, 15) is 36.2 Å². The molecule has 6 aromatic rings. The van der Waals surface area contributed by atoms with Crippen LogP contribution in [0.5, 0.6) is 11.7 Å². The molecule has 0 amide bonds. The third kappa shape index (κ3) is 5.76. The van der Waals surface area contributed by atoms with Crippen molar-refractivity contribution in [1.82, 2.24) is 10.3 Å². The molecule has 3 heterocycles. The van der Waals surface area contributed by atoms with E-state index in [0.29, 0.717) is 27.8 Å². The number of carbonyl (C=O) groups is 1. The number of benzene rings is 3. The molecular formula is C30H17F6N4O4S+. The lowest BCUT2D eigenvalue weighted by atomic mass is 9.98. The zero-order chi connectivity index (χ0) is 32.1. The molecule has 6 rings (SSSR count). The van der Waals surface area contributed by atoms with Crippen molar-refractivity contribution in [3.63, 3.8) is 0 Å². The quantitative estimate of drug-likeness (QED) is 0.111. The van der Waals surface area contributed by atoms with E-state index in [2.05, 4.69) is 15.0 Å². The summed E-state index contributed by atoms with van der Waals surface area (Å²) < 4.78 is 87.1. The molecule has 0 aliphatic rings. The number of ketones is 1. The van der Waals surface area contributed by atoms with Crippen LogP contribution >= 0.6 is 11.3 Å². The molecule has 3 N–H and O–H groups in total. The first-order valence-corrected chi connectivity index (χ1v) is 13.6. The molecule has 0 fully saturated rings. The van der Waals surface area contributed by atoms with Gasteiger partial charge < -0.3 is 15.6 Å². The molecule has 0 radical (unpaired) electrons. The lowest BCUT2D eigenvalue weighted by molar-refractivity contribution is -0.672. The van der Waals surface area contributed by atoms with Crippen LogP contribution in [0.1, 0.15) is 20.9 Å². The normalized spacial score (nSPS) is 12.0. The first-order valence-electron chi connectivity index (χ1n) is 12.8. The van der Waals surface area contributed by atoms with Crippen LogP contribution < -0.4 is 15.2 Å². The molecule has 0 aliphatic heterocycles. The summed E-state index contributed by atoms with van der Waals surface area (Å²) in [4.78, 5) is 18.7. The molecule has 15 heteroatoms. The average molecular weight is 644 g/mol. The first kappa shape index (κ1) is 29.6. The summed E-state index contributed by atoms with van der Waals surface area (Å²) in [5.74, 6) is -2.28. The van der Waals surface area contributed by atoms with Crippen molar-refractivity contribution in [1.29, 1.82) is 0 Å². The van der Waals surface area contributed by atoms with Crippen molar-refractivity contribution in [2.75, 3.05) is 5.73 Å². The maximum atomic E-state index is 13.8. The molecular weight excluding hydrogens is 626 g/mol. The van der Waals surface area contributed by atoms with Gasteiger partial charge in [-0.3, -0.25) is 9.32 Å². The van der Waals surface area contributed by atoms with Crippen LogP contribution in [0, 0.1) is 0 Å². The summed E-state index contributed by atoms with van der Waals surface area (Å²) in [6.07, 6.45) is -9.47. The van der Waals surface area contributed by atoms with Gasteiger partial charge in [0.15, 0.2) is 0 Å². The van der Waals surface area contributed by atoms with Crippen molar-refractivity contribution >= 4 is 33.0 Å². The number of fused-ring (bicyclic) bond motifs is 1. The van der Waals surface area contributed by atoms with Crippen LogP contribution in [0.15, 0.2) is 89.5 Å². The fraction of sp³-hybridized carbons (Fsp3) is 0.0667. The van der Waals surface area contributed by atoms with Gasteiger partial charge >= 0.3 is 24.2 Å². The number of thiophene rings is 1. The van der Waals surface area contributed by atoms with Gasteiger partial charge in [0.1, 0.15) is 15.5 Å². The second-order valence-electron chi connectivity index (χ2n) is 9.53. The summed E-state index contributed by atoms with van der Waals surface area (Å²) in [7, 11) is 0. The zero-order valence-corrected chi connectivity index (χ0v) is 23.2. The number of pyridine rings is 1. The second kappa shape index (κ2) is 10.9. The third-order valence-corrected chi connectivity index (χ3v) is 7.75. The smallest absolute Gasteiger partial charge is 0.474 e. The summed E-state index contributed by atoms with van der Waals surface area (Å²) in [5.41, 5.74) is 7.07. The molecule has 0 saturated carbocycles. The monoisotopic (exact) mass is 643 g/mol. The molecule has 0 aliphatic carbocycles. The molecule has 8 nitrogen and oxygen atoms in total. The van der Waals surface area contributed by atoms with Crippen LogP contribution in [0.3, 0.4) is 0 Å². The lowest BCUT2D eigenvalue weighted by Gasteiger charge is -2.11. The Kier molecular flexibility index (Phi) is 7.19. The minimum atomic E-state index is -4.92. The van der Waals surface area contributed by atoms with Gasteiger partial charge in [0.05, 0.1) is 16.9 Å². The van der Waals surface area contributed by atoms with Gasteiger partial charge in [0.2, 0.25) is 11.0 Å². The van der Waals surface area contributed by atoms with Gasteiger partial charge in [0, 0.05) is 27.8 Å². The summed E-state index contributed by atoms with van der Waals surface area (Å²) in [5, 5.41) is 14.3. The van der Waals surface area contributed by atoms with Gasteiger partial charge in [-0.05, 0) is 41.5 Å². The highest BCUT2D eigenvalue weighted by Gasteiger charge is 2.38. The number of alkyl halides is 6. The number of rotatable bonds is 6. The number of hydrogen-bond donors (Lipinski definition) is 2. The number of nitrogens with two attached hydrogens (primary N) is 1. The van der Waals surface area contributed by atoms with Crippen LogP contribution in [0.25, 0.3) is 38.3 Å². The van der Waals surface area contributed by atoms with E-state index in [1.807, 2.05) is 0 Å². The van der Waals surface area contributed by atoms with Crippen molar-refractivity contribution in [2.24, 2.45) is 0 Å². The van der Waals surface area contributed by atoms with Crippen molar-refractivity contribution in [2.45, 2.75) is 12.5 Å². The van der Waals surface area contributed by atoms with E-state index in [1.54, 1.807) is 36.4 Å². The largest absolute Gasteiger partial charge is 0.573 e. The number of ether oxygens (including phenoxy) is 1. The number of nitrogens with zero attached hydrogens (tertiary/aromatic N) is 3. The predicted molar refractivity (Wildman–Crippen MR) is 150 cm³/mol. The molecule has 3 aromatic carbocycles. The van der Waals surface area contributed by atoms with E-state index in [1.165, 1.54) is 12.1 Å². The van der Waals surface area contributed by atoms with Crippen LogP contribution in [-0.2, 0) is 6.18 Å². The molecule has 3 aromatic heterocycles. The topological polar surface area (TPSA) is 115 Å². The Balaban J connectivity index is 1.48. The number of anilines is 1. The van der Waals surface area contributed by atoms with E-state index >= 15 is 0 Å². The Morgan fingerprint density at radius 3 is 2.20 bits per heavy atom. The molecule has 0 spiro atoms. The van der Waals surface area contributed by atoms with Crippen LogP contribution in [0.4, 0.5) is 32.0 Å². The number of aromatic nitrogens is 3. The summed E-state index contributed by atoms with van der Waals surface area (Å²) in [6.45, 7) is 0. The third-order valence-electron chi connectivity index (χ3n) is 6.65. The predicted octanol–water partition coefficient (Wildman–Crippen LogP) is 7.33. The summed E-state index contributed by atoms with van der Waals surface area (Å²) in [6, 6.07) is 19.3. The van der Waals surface area contributed by atoms with Gasteiger partial charge in [-0.1, -0.05) is 42.5 Å². The fourth-order valence-corrected chi connectivity index (χ4v) is 5.69. The highest BCUT2D eigenvalue weighted by Crippen LogP contribution is 2.43. The van der Waals surface area contributed by atoms with Crippen LogP contribution in [-0.4, -0.2) is 27.5 Å². The molecule has 0 atom stereocenters. The van der Waals surface area contributed by atoms with Crippen LogP contribution in [0.2, 0.25) is 0 Å². The standard InChI is InChI=1S/C30H16F6N4O4S/c31-29(32,33)17-8-6-15(7-9-17)20-14-21(16-4-2-1-3-5-16)38-27-22(20)23(37)26(45-27)25(41)24-28(42)44-39-40(24)18-10-12-19(13-11-18)43-30(34,35)36/h1-14H,(H2-,37,39,41,42)/p+1. The Morgan fingerprint density at radius 1 is 0.911 bits per heavy atom. The van der Waals surface area contributed by atoms with Crippen molar-refractivity contribution < 1.29 is 50.2 Å². The number of aromatic hydroxyl groups is 1. The minimum absolute atomic E-state index is 0.0477. The lowest BCUT2D eigenvalue weighted by Crippen LogP contribution is -2.38. The number of nitrogen functional groups attached to an aromatic ring is 1. The Bertz CT molecular complexity index is 2040. The SMILES string of the molecule is Nc1c(C(=O)c2c(O)on[n+]2-c2ccc(OC(F)(F)F)cc2)sc2nc(-c3ccccc3)cc(-c3ccc(C(F)(F)F)cc3)c12. The van der Waals surface area contributed by atoms with E-state index < -0.39 is 41.3 Å². The van der Waals surface area contributed by atoms with Gasteiger partial charge in [0.25, 0.3) is 5.78 Å². The van der Waals surface area contributed by atoms with Crippen molar-refractivity contribution in [3.05, 3.63) is 101 Å². The minimum Gasteiger partial charge on any atom is -0.474 e. The number of hydrogen-bond acceptors (Lipinski definition) is 8. The highest BCUT2D eigenvalue weighted by molar-refractivity contribution is 7.21. The first-order chi connectivity index (χ1) is 21.3. The van der Waals surface area contributed by atoms with Gasteiger partial charge in [-0.2, -0.15) is 13.2 Å². The number of halogens is 6. The molecule has 0 bridgehead atoms. The maximum Gasteiger partial charge on any atom is 0.573 e. The van der Waals surface area contributed by atoms with Gasteiger partial charge in [-0.25, -0.2) is 4.98 Å². The fourth-order valence-electron chi connectivity index (χ4n) is 4.63. The van der Waals surface area contributed by atoms with E-state index in [-0.39, 0.29) is 21.1 Å². The van der Waals surface area contributed by atoms with Crippen molar-refractivity contribution in [3.8, 4) is 39.8 Å². The molecule has 45 heavy (non-hydrogen) atoms.